The highest BCUT2D eigenvalue weighted by Gasteiger charge is 2.34. The van der Waals surface area contributed by atoms with E-state index in [0.29, 0.717) is 29.6 Å². The van der Waals surface area contributed by atoms with Gasteiger partial charge in [-0.2, -0.15) is 8.42 Å². The molecule has 0 aromatic heterocycles. The van der Waals surface area contributed by atoms with Crippen molar-refractivity contribution in [2.45, 2.75) is 38.0 Å². The minimum atomic E-state index is -3.96. The van der Waals surface area contributed by atoms with Crippen molar-refractivity contribution < 1.29 is 22.7 Å². The van der Waals surface area contributed by atoms with Crippen LogP contribution in [-0.4, -0.2) is 44.7 Å². The molecule has 0 atom stereocenters. The minimum Gasteiger partial charge on any atom is -0.493 e. The smallest absolute Gasteiger partial charge is 0.284 e. The van der Waals surface area contributed by atoms with E-state index in [-0.39, 0.29) is 16.0 Å². The van der Waals surface area contributed by atoms with Crippen molar-refractivity contribution in [3.8, 4) is 11.5 Å². The van der Waals surface area contributed by atoms with E-state index in [2.05, 4.69) is 27.3 Å². The van der Waals surface area contributed by atoms with E-state index in [1.807, 2.05) is 12.1 Å². The third kappa shape index (κ3) is 6.43. The molecule has 1 aliphatic heterocycles. The Morgan fingerprint density at radius 3 is 2.47 bits per heavy atom. The zero-order valence-electron chi connectivity index (χ0n) is 19.3. The van der Waals surface area contributed by atoms with Gasteiger partial charge in [0.15, 0.2) is 16.7 Å². The minimum absolute atomic E-state index is 0.0593. The number of hydrogen-bond acceptors (Lipinski definition) is 6. The van der Waals surface area contributed by atoms with E-state index < -0.39 is 10.0 Å². The molecule has 0 bridgehead atoms. The van der Waals surface area contributed by atoms with Gasteiger partial charge in [0.05, 0.1) is 23.5 Å². The van der Waals surface area contributed by atoms with Crippen LogP contribution in [0.4, 0.5) is 0 Å². The molecule has 0 spiro atoms. The molecule has 1 amide bonds. The standard InChI is InChI=1S/C24H27BrN2O5S2/c1-4-6-7-14-32-20-13-8-17(15-21(20)31-3)16-22-23(28)27(5-2)24(33-22)26-34(29,30)19-11-9-18(25)10-12-19/h8-13,15-16H,4-7,14H2,1-3H3/b22-16-,26-24?. The third-order valence-electron chi connectivity index (χ3n) is 5.00. The molecule has 0 saturated carbocycles. The molecule has 1 heterocycles. The van der Waals surface area contributed by atoms with Crippen LogP contribution in [0, 0.1) is 0 Å². The summed E-state index contributed by atoms with van der Waals surface area (Å²) in [5.41, 5.74) is 0.738. The second kappa shape index (κ2) is 11.9. The summed E-state index contributed by atoms with van der Waals surface area (Å²) in [6.07, 6.45) is 4.88. The molecule has 7 nitrogen and oxygen atoms in total. The number of nitrogens with zero attached hydrogens (tertiary/aromatic N) is 2. The van der Waals surface area contributed by atoms with Crippen molar-refractivity contribution in [3.63, 3.8) is 0 Å². The fourth-order valence-corrected chi connectivity index (χ4v) is 5.70. The van der Waals surface area contributed by atoms with Crippen LogP contribution in [0.1, 0.15) is 38.7 Å². The highest BCUT2D eigenvalue weighted by molar-refractivity contribution is 9.10. The Balaban J connectivity index is 1.85. The SMILES string of the molecule is CCCCCOc1ccc(/C=C2\SC(=NS(=O)(=O)c3ccc(Br)cc3)N(CC)C2=O)cc1OC. The van der Waals surface area contributed by atoms with E-state index in [1.54, 1.807) is 38.3 Å². The number of halogens is 1. The summed E-state index contributed by atoms with van der Waals surface area (Å²) in [6.45, 7) is 4.82. The monoisotopic (exact) mass is 566 g/mol. The Labute approximate surface area is 213 Å². The Hall–Kier alpha value is -2.30. The van der Waals surface area contributed by atoms with Crippen LogP contribution >= 0.6 is 27.7 Å². The number of rotatable bonds is 10. The molecule has 2 aromatic rings. The van der Waals surface area contributed by atoms with Crippen LogP contribution in [-0.2, 0) is 14.8 Å². The molecule has 1 fully saturated rings. The van der Waals surface area contributed by atoms with Crippen LogP contribution in [0.25, 0.3) is 6.08 Å². The number of methoxy groups -OCH3 is 1. The lowest BCUT2D eigenvalue weighted by atomic mass is 10.2. The fraction of sp³-hybridized carbons (Fsp3) is 0.333. The van der Waals surface area contributed by atoms with Crippen molar-refractivity contribution in [2.24, 2.45) is 4.40 Å². The van der Waals surface area contributed by atoms with Crippen LogP contribution in [0.3, 0.4) is 0 Å². The van der Waals surface area contributed by atoms with Gasteiger partial charge >= 0.3 is 0 Å². The van der Waals surface area contributed by atoms with E-state index in [9.17, 15) is 13.2 Å². The van der Waals surface area contributed by atoms with Gasteiger partial charge in [-0.05, 0) is 73.1 Å². The molecule has 10 heteroatoms. The highest BCUT2D eigenvalue weighted by Crippen LogP contribution is 2.35. The number of likely N-dealkylation sites (N-methyl/N-ethyl adjacent to an activating group) is 1. The number of unbranched alkanes of at least 4 members (excludes halogenated alkanes) is 2. The molecule has 1 aliphatic rings. The maximum atomic E-state index is 12.9. The Morgan fingerprint density at radius 1 is 1.09 bits per heavy atom. The highest BCUT2D eigenvalue weighted by atomic mass is 79.9. The first-order chi connectivity index (χ1) is 16.3. The maximum Gasteiger partial charge on any atom is 0.284 e. The Bertz CT molecular complexity index is 1190. The van der Waals surface area contributed by atoms with Crippen molar-refractivity contribution in [3.05, 3.63) is 57.4 Å². The van der Waals surface area contributed by atoms with Gasteiger partial charge in [-0.1, -0.05) is 41.8 Å². The zero-order valence-corrected chi connectivity index (χ0v) is 22.5. The number of hydrogen-bond donors (Lipinski definition) is 0. The van der Waals surface area contributed by atoms with E-state index in [4.69, 9.17) is 9.47 Å². The van der Waals surface area contributed by atoms with Gasteiger partial charge in [0.1, 0.15) is 0 Å². The Kier molecular flexibility index (Phi) is 9.21. The largest absolute Gasteiger partial charge is 0.493 e. The average molecular weight is 568 g/mol. The topological polar surface area (TPSA) is 85.3 Å². The first kappa shape index (κ1) is 26.3. The summed E-state index contributed by atoms with van der Waals surface area (Å²) in [7, 11) is -2.40. The Morgan fingerprint density at radius 2 is 1.82 bits per heavy atom. The van der Waals surface area contributed by atoms with Gasteiger partial charge in [0.2, 0.25) is 0 Å². The molecule has 0 radical (unpaired) electrons. The van der Waals surface area contributed by atoms with Crippen LogP contribution in [0.15, 0.2) is 61.1 Å². The summed E-state index contributed by atoms with van der Waals surface area (Å²) >= 11 is 4.32. The van der Waals surface area contributed by atoms with Gasteiger partial charge < -0.3 is 9.47 Å². The van der Waals surface area contributed by atoms with Gasteiger partial charge in [-0.25, -0.2) is 0 Å². The van der Waals surface area contributed by atoms with Crippen LogP contribution in [0.5, 0.6) is 11.5 Å². The van der Waals surface area contributed by atoms with Crippen LogP contribution < -0.4 is 9.47 Å². The summed E-state index contributed by atoms with van der Waals surface area (Å²) in [5.74, 6) is 0.917. The van der Waals surface area contributed by atoms with Gasteiger partial charge in [-0.3, -0.25) is 9.69 Å². The number of thioether (sulfide) groups is 1. The molecule has 182 valence electrons. The number of ether oxygens (including phenoxy) is 2. The number of amidine groups is 1. The number of carbonyl (C=O) groups excluding carboxylic acids is 1. The predicted molar refractivity (Wildman–Crippen MR) is 140 cm³/mol. The number of carbonyl (C=O) groups is 1. The third-order valence-corrected chi connectivity index (χ3v) is 7.94. The van der Waals surface area contributed by atoms with Crippen LogP contribution in [0.2, 0.25) is 0 Å². The van der Waals surface area contributed by atoms with Gasteiger partial charge in [0, 0.05) is 11.0 Å². The first-order valence-corrected chi connectivity index (χ1v) is 14.0. The van der Waals surface area contributed by atoms with Crippen molar-refractivity contribution in [1.29, 1.82) is 0 Å². The quantitative estimate of drug-likeness (QED) is 0.270. The molecule has 3 rings (SSSR count). The molecule has 2 aromatic carbocycles. The molecule has 0 aliphatic carbocycles. The van der Waals surface area contributed by atoms with Crippen molar-refractivity contribution in [2.75, 3.05) is 20.3 Å². The van der Waals surface area contributed by atoms with Crippen molar-refractivity contribution in [1.82, 2.24) is 4.90 Å². The summed E-state index contributed by atoms with van der Waals surface area (Å²) < 4.78 is 41.5. The lowest BCUT2D eigenvalue weighted by molar-refractivity contribution is -0.122. The van der Waals surface area contributed by atoms with E-state index in [0.717, 1.165) is 41.1 Å². The lowest BCUT2D eigenvalue weighted by Gasteiger charge is -2.12. The second-order valence-corrected chi connectivity index (χ2v) is 11.0. The van der Waals surface area contributed by atoms with Gasteiger partial charge in [0.25, 0.3) is 15.9 Å². The summed E-state index contributed by atoms with van der Waals surface area (Å²) in [6, 6.07) is 11.6. The maximum absolute atomic E-state index is 12.9. The normalized spacial score (nSPS) is 16.5. The lowest BCUT2D eigenvalue weighted by Crippen LogP contribution is -2.29. The molecular formula is C24H27BrN2O5S2. The molecular weight excluding hydrogens is 540 g/mol. The fourth-order valence-electron chi connectivity index (χ4n) is 3.20. The molecule has 0 N–H and O–H groups in total. The van der Waals surface area contributed by atoms with E-state index >= 15 is 0 Å². The van der Waals surface area contributed by atoms with Crippen molar-refractivity contribution >= 4 is 54.9 Å². The van der Waals surface area contributed by atoms with Gasteiger partial charge in [-0.15, -0.1) is 4.40 Å². The number of sulfonamides is 1. The van der Waals surface area contributed by atoms with E-state index in [1.165, 1.54) is 17.0 Å². The summed E-state index contributed by atoms with van der Waals surface area (Å²) in [5, 5.41) is 0.129. The molecule has 34 heavy (non-hydrogen) atoms. The molecule has 0 unspecified atom stereocenters. The predicted octanol–water partition coefficient (Wildman–Crippen LogP) is 5.71. The zero-order chi connectivity index (χ0) is 24.7. The second-order valence-electron chi connectivity index (χ2n) is 7.43. The number of benzene rings is 2. The molecule has 1 saturated heterocycles. The first-order valence-electron chi connectivity index (χ1n) is 10.9. The average Bonchev–Trinajstić information content (AvgIpc) is 3.10. The number of amides is 1. The summed E-state index contributed by atoms with van der Waals surface area (Å²) in [4.78, 5) is 14.7.